The summed E-state index contributed by atoms with van der Waals surface area (Å²) in [5.41, 5.74) is 0.184. The lowest BCUT2D eigenvalue weighted by Crippen LogP contribution is -2.55. The second-order valence-corrected chi connectivity index (χ2v) is 12.3. The average Bonchev–Trinajstić information content (AvgIpc) is 3.04. The number of aliphatic hydroxyl groups excluding tert-OH is 1. The molecule has 0 bridgehead atoms. The number of hydrogen-bond donors (Lipinski definition) is 3. The van der Waals surface area contributed by atoms with E-state index in [9.17, 15) is 28.3 Å². The number of pyridine rings is 1. The molecule has 0 spiro atoms. The van der Waals surface area contributed by atoms with Crippen molar-refractivity contribution in [1.29, 1.82) is 0 Å². The van der Waals surface area contributed by atoms with Crippen LogP contribution in [-0.4, -0.2) is 83.7 Å². The fourth-order valence-electron chi connectivity index (χ4n) is 5.37. The number of benzene rings is 2. The molecule has 1 aliphatic heterocycles. The molecule has 0 radical (unpaired) electrons. The van der Waals surface area contributed by atoms with E-state index < -0.39 is 65.3 Å². The predicted octanol–water partition coefficient (Wildman–Crippen LogP) is 4.92. The minimum atomic E-state index is -1.40. The molecular weight excluding hydrogens is 633 g/mol. The third-order valence-electron chi connectivity index (χ3n) is 7.72. The number of carbonyl (C=O) groups excluding carboxylic acids is 3. The van der Waals surface area contributed by atoms with Crippen molar-refractivity contribution in [1.82, 2.24) is 15.2 Å². The van der Waals surface area contributed by atoms with Gasteiger partial charge in [0.05, 0.1) is 57.1 Å². The maximum Gasteiger partial charge on any atom is 0.410 e. The number of methoxy groups -OCH3 is 1. The lowest BCUT2D eigenvalue weighted by molar-refractivity contribution is -0.118. The highest BCUT2D eigenvalue weighted by molar-refractivity contribution is 5.98. The molecule has 3 N–H and O–H groups in total. The Bertz CT molecular complexity index is 1520. The zero-order chi connectivity index (χ0) is 35.0. The van der Waals surface area contributed by atoms with Crippen molar-refractivity contribution in [3.8, 4) is 0 Å². The summed E-state index contributed by atoms with van der Waals surface area (Å²) in [5.74, 6) is -3.52. The van der Waals surface area contributed by atoms with Crippen LogP contribution in [0.5, 0.6) is 0 Å². The minimum Gasteiger partial charge on any atom is -0.453 e. The van der Waals surface area contributed by atoms with Gasteiger partial charge in [0.25, 0.3) is 0 Å². The first-order valence-electron chi connectivity index (χ1n) is 15.3. The second kappa shape index (κ2) is 15.9. The quantitative estimate of drug-likeness (QED) is 0.276. The van der Waals surface area contributed by atoms with Gasteiger partial charge in [-0.2, -0.15) is 0 Å². The Kier molecular flexibility index (Phi) is 12.0. The van der Waals surface area contributed by atoms with Gasteiger partial charge in [0, 0.05) is 11.5 Å². The molecule has 3 aromatic rings. The molecule has 11 nitrogen and oxygen atoms in total. The highest BCUT2D eigenvalue weighted by Gasteiger charge is 2.36. The van der Waals surface area contributed by atoms with Crippen molar-refractivity contribution in [2.45, 2.75) is 63.3 Å². The molecule has 258 valence electrons. The number of halogens is 3. The maximum absolute atomic E-state index is 15.3. The van der Waals surface area contributed by atoms with E-state index in [0.717, 1.165) is 13.3 Å². The minimum absolute atomic E-state index is 0.0154. The van der Waals surface area contributed by atoms with Crippen LogP contribution in [0.1, 0.15) is 49.8 Å². The first-order valence-corrected chi connectivity index (χ1v) is 15.3. The van der Waals surface area contributed by atoms with E-state index in [1.807, 2.05) is 0 Å². The van der Waals surface area contributed by atoms with E-state index in [4.69, 9.17) is 14.2 Å². The summed E-state index contributed by atoms with van der Waals surface area (Å²) < 4.78 is 59.1. The number of nitrogens with zero attached hydrogens (tertiary/aromatic N) is 2. The van der Waals surface area contributed by atoms with Gasteiger partial charge in [-0.05, 0) is 69.0 Å². The number of nitrogens with one attached hydrogen (secondary N) is 2. The van der Waals surface area contributed by atoms with Crippen LogP contribution in [0.2, 0.25) is 0 Å². The van der Waals surface area contributed by atoms with E-state index in [-0.39, 0.29) is 43.9 Å². The molecule has 14 heteroatoms. The number of aromatic nitrogens is 1. The zero-order valence-corrected chi connectivity index (χ0v) is 27.0. The molecular formula is C34H39F3N4O7. The highest BCUT2D eigenvalue weighted by atomic mass is 19.1. The third-order valence-corrected chi connectivity index (χ3v) is 7.72. The van der Waals surface area contributed by atoms with Crippen LogP contribution in [0.25, 0.3) is 0 Å². The van der Waals surface area contributed by atoms with Crippen molar-refractivity contribution in [2.24, 2.45) is 0 Å². The summed E-state index contributed by atoms with van der Waals surface area (Å²) in [4.78, 5) is 44.6. The number of anilines is 1. The first kappa shape index (κ1) is 36.2. The smallest absolute Gasteiger partial charge is 0.410 e. The number of alkyl carbamates (subject to hydrolysis) is 1. The number of ether oxygens (including phenoxy) is 3. The number of amides is 3. The zero-order valence-electron chi connectivity index (χ0n) is 27.0. The topological polar surface area (TPSA) is 139 Å². The van der Waals surface area contributed by atoms with Gasteiger partial charge >= 0.3 is 12.2 Å². The van der Waals surface area contributed by atoms with Crippen molar-refractivity contribution >= 4 is 23.8 Å². The molecule has 3 atom stereocenters. The summed E-state index contributed by atoms with van der Waals surface area (Å²) in [6.45, 7) is 4.97. The molecule has 3 amide bonds. The van der Waals surface area contributed by atoms with Crippen LogP contribution in [0, 0.1) is 17.5 Å². The Hall–Kier alpha value is -4.69. The van der Waals surface area contributed by atoms with Gasteiger partial charge < -0.3 is 30.0 Å². The van der Waals surface area contributed by atoms with Crippen molar-refractivity contribution in [3.05, 3.63) is 95.1 Å². The molecule has 1 aliphatic rings. The summed E-state index contributed by atoms with van der Waals surface area (Å²) in [5, 5.41) is 15.0. The highest BCUT2D eigenvalue weighted by Crippen LogP contribution is 2.31. The SMILES string of the molecule is COC(=O)NC(C(=O)Nc1cncc(F)c1CC[C@@H]1CN(C(=O)OC(C)(C)C)[C@H](CO)CO1)C(c1ccc(F)cc1)c1ccc(F)cc1. The summed E-state index contributed by atoms with van der Waals surface area (Å²) in [6, 6.07) is 8.48. The largest absolute Gasteiger partial charge is 0.453 e. The van der Waals surface area contributed by atoms with Crippen LogP contribution in [-0.2, 0) is 25.4 Å². The number of morpholine rings is 1. The van der Waals surface area contributed by atoms with E-state index in [0.29, 0.717) is 11.1 Å². The van der Waals surface area contributed by atoms with Gasteiger partial charge in [-0.1, -0.05) is 24.3 Å². The lowest BCUT2D eigenvalue weighted by atomic mass is 9.84. The number of rotatable bonds is 10. The molecule has 1 fully saturated rings. The van der Waals surface area contributed by atoms with Crippen molar-refractivity contribution < 1.29 is 46.9 Å². The normalized spacial score (nSPS) is 17.1. The monoisotopic (exact) mass is 672 g/mol. The summed E-state index contributed by atoms with van der Waals surface area (Å²) in [6.07, 6.45) is 0.407. The first-order chi connectivity index (χ1) is 22.8. The summed E-state index contributed by atoms with van der Waals surface area (Å²) >= 11 is 0. The summed E-state index contributed by atoms with van der Waals surface area (Å²) in [7, 11) is 1.11. The van der Waals surface area contributed by atoms with Crippen LogP contribution < -0.4 is 10.6 Å². The van der Waals surface area contributed by atoms with Crippen LogP contribution in [0.15, 0.2) is 60.9 Å². The Morgan fingerprint density at radius 3 is 2.17 bits per heavy atom. The van der Waals surface area contributed by atoms with Crippen molar-refractivity contribution in [3.63, 3.8) is 0 Å². The Balaban J connectivity index is 1.59. The van der Waals surface area contributed by atoms with Crippen LogP contribution >= 0.6 is 0 Å². The molecule has 4 rings (SSSR count). The fraction of sp³-hybridized carbons (Fsp3) is 0.412. The molecule has 0 saturated carbocycles. The number of carbonyl (C=O) groups is 3. The van der Waals surface area contributed by atoms with E-state index in [1.165, 1.54) is 59.6 Å². The molecule has 1 unspecified atom stereocenters. The molecule has 1 saturated heterocycles. The third kappa shape index (κ3) is 9.44. The fourth-order valence-corrected chi connectivity index (χ4v) is 5.37. The van der Waals surface area contributed by atoms with Gasteiger partial charge in [-0.15, -0.1) is 0 Å². The van der Waals surface area contributed by atoms with Gasteiger partial charge in [0.2, 0.25) is 5.91 Å². The van der Waals surface area contributed by atoms with Gasteiger partial charge in [0.15, 0.2) is 0 Å². The molecule has 2 aromatic carbocycles. The van der Waals surface area contributed by atoms with E-state index in [1.54, 1.807) is 20.8 Å². The predicted molar refractivity (Wildman–Crippen MR) is 169 cm³/mol. The maximum atomic E-state index is 15.3. The van der Waals surface area contributed by atoms with Gasteiger partial charge in [-0.3, -0.25) is 14.7 Å². The van der Waals surface area contributed by atoms with E-state index in [2.05, 4.69) is 15.6 Å². The lowest BCUT2D eigenvalue weighted by Gasteiger charge is -2.39. The Labute approximate surface area is 276 Å². The van der Waals surface area contributed by atoms with Gasteiger partial charge in [-0.25, -0.2) is 22.8 Å². The van der Waals surface area contributed by atoms with Crippen LogP contribution in [0.3, 0.4) is 0 Å². The molecule has 48 heavy (non-hydrogen) atoms. The molecule has 2 heterocycles. The Morgan fingerprint density at radius 1 is 1.02 bits per heavy atom. The average molecular weight is 673 g/mol. The number of hydrogen-bond acceptors (Lipinski definition) is 8. The molecule has 0 aliphatic carbocycles. The van der Waals surface area contributed by atoms with Crippen molar-refractivity contribution in [2.75, 3.05) is 32.2 Å². The van der Waals surface area contributed by atoms with E-state index >= 15 is 4.39 Å². The second-order valence-electron chi connectivity index (χ2n) is 12.3. The standard InChI is InChI=1S/C34H39F3N4O7/c1-34(2,3)48-33(45)41-17-25(47-19-24(41)18-42)13-14-26-27(37)15-38-16-28(26)39-31(43)30(40-32(44)46-4)29(20-5-9-22(35)10-6-20)21-7-11-23(36)12-8-21/h5-12,15-16,24-25,29-30,42H,13-14,17-19H2,1-4H3,(H,39,43)(H,40,44)/t24-,25-,30?/m1/s1. The van der Waals surface area contributed by atoms with Crippen LogP contribution in [0.4, 0.5) is 28.4 Å². The van der Waals surface area contributed by atoms with Gasteiger partial charge in [0.1, 0.15) is 29.1 Å². The Morgan fingerprint density at radius 2 is 1.62 bits per heavy atom. The molecule has 1 aromatic heterocycles. The number of aliphatic hydroxyl groups is 1.